The Morgan fingerprint density at radius 3 is 2.97 bits per heavy atom. The molecule has 29 heavy (non-hydrogen) atoms. The highest BCUT2D eigenvalue weighted by Gasteiger charge is 2.31. The maximum absolute atomic E-state index is 6.01. The molecule has 0 saturated carbocycles. The van der Waals surface area contributed by atoms with Gasteiger partial charge in [-0.2, -0.15) is 0 Å². The fourth-order valence-corrected chi connectivity index (χ4v) is 5.41. The van der Waals surface area contributed by atoms with E-state index in [0.29, 0.717) is 6.61 Å². The number of para-hydroxylation sites is 1. The lowest BCUT2D eigenvalue weighted by Crippen LogP contribution is -2.31. The lowest BCUT2D eigenvalue weighted by molar-refractivity contribution is -0.0379. The third kappa shape index (κ3) is 2.47. The van der Waals surface area contributed by atoms with Crippen molar-refractivity contribution >= 4 is 38.1 Å². The van der Waals surface area contributed by atoms with Gasteiger partial charge in [-0.15, -0.1) is 16.4 Å². The molecule has 0 fully saturated rings. The van der Waals surface area contributed by atoms with Crippen LogP contribution < -0.4 is 0 Å². The Kier molecular flexibility index (Phi) is 3.47. The molecule has 1 aliphatic rings. The summed E-state index contributed by atoms with van der Waals surface area (Å²) in [5.41, 5.74) is 4.29. The second kappa shape index (κ2) is 5.87. The monoisotopic (exact) mass is 403 g/mol. The molecule has 6 nitrogen and oxygen atoms in total. The summed E-state index contributed by atoms with van der Waals surface area (Å²) in [4.78, 5) is 11.9. The minimum atomic E-state index is -0.175. The van der Waals surface area contributed by atoms with Gasteiger partial charge in [0.05, 0.1) is 17.6 Å². The van der Waals surface area contributed by atoms with E-state index >= 15 is 0 Å². The Bertz CT molecular complexity index is 1410. The van der Waals surface area contributed by atoms with Gasteiger partial charge in [-0.05, 0) is 32.4 Å². The molecule has 0 unspecified atom stereocenters. The van der Waals surface area contributed by atoms with Crippen LogP contribution in [0, 0.1) is 0 Å². The predicted octanol–water partition coefficient (Wildman–Crippen LogP) is 4.83. The van der Waals surface area contributed by atoms with Gasteiger partial charge >= 0.3 is 0 Å². The first-order valence-electron chi connectivity index (χ1n) is 9.92. The molecule has 5 aromatic rings. The lowest BCUT2D eigenvalue weighted by atomic mass is 9.94. The highest BCUT2D eigenvalue weighted by atomic mass is 32.1. The van der Waals surface area contributed by atoms with Gasteiger partial charge in [-0.3, -0.25) is 0 Å². The molecule has 0 amide bonds. The highest BCUT2D eigenvalue weighted by molar-refractivity contribution is 7.19. The third-order valence-corrected chi connectivity index (χ3v) is 6.89. The molecule has 0 N–H and O–H groups in total. The largest absolute Gasteiger partial charge is 0.370 e. The number of rotatable bonds is 2. The van der Waals surface area contributed by atoms with Gasteiger partial charge in [0.15, 0.2) is 11.5 Å². The zero-order valence-electron chi connectivity index (χ0n) is 16.6. The number of thiophene rings is 1. The van der Waals surface area contributed by atoms with Gasteiger partial charge in [-0.25, -0.2) is 14.5 Å². The molecule has 1 aliphatic heterocycles. The molecule has 7 heteroatoms. The summed E-state index contributed by atoms with van der Waals surface area (Å²) in [6, 6.07) is 8.43. The number of benzene rings is 1. The van der Waals surface area contributed by atoms with Crippen molar-refractivity contribution in [3.05, 3.63) is 47.2 Å². The van der Waals surface area contributed by atoms with Gasteiger partial charge in [0.2, 0.25) is 0 Å². The van der Waals surface area contributed by atoms with E-state index in [1.807, 2.05) is 4.52 Å². The van der Waals surface area contributed by atoms with E-state index in [2.05, 4.69) is 60.8 Å². The maximum atomic E-state index is 6.01. The molecule has 0 bridgehead atoms. The Morgan fingerprint density at radius 1 is 1.24 bits per heavy atom. The van der Waals surface area contributed by atoms with Crippen molar-refractivity contribution in [3.63, 3.8) is 0 Å². The number of fused-ring (bicyclic) bond motifs is 6. The Balaban J connectivity index is 1.61. The molecular formula is C22H21N5OS. The van der Waals surface area contributed by atoms with Crippen molar-refractivity contribution in [3.8, 4) is 11.4 Å². The van der Waals surface area contributed by atoms with Crippen LogP contribution in [0.2, 0.25) is 0 Å². The standard InChI is InChI=1S/C22H21N5OS/c1-4-26-10-15(13-7-5-6-8-16(13)26)19-24-20-18-14-9-22(2,3)28-11-17(14)29-21(18)23-12-27(20)25-19/h5-8,10,12H,4,9,11H2,1-3H3. The van der Waals surface area contributed by atoms with Crippen LogP contribution >= 0.6 is 11.3 Å². The molecule has 6 rings (SSSR count). The van der Waals surface area contributed by atoms with E-state index in [-0.39, 0.29) is 5.60 Å². The average molecular weight is 404 g/mol. The summed E-state index contributed by atoms with van der Waals surface area (Å²) in [5.74, 6) is 0.744. The SMILES string of the molecule is CCn1cc(-c2nc3c4c5c(sc4ncn3n2)COC(C)(C)C5)c2ccccc21. The average Bonchev–Trinajstić information content (AvgIpc) is 3.39. The van der Waals surface area contributed by atoms with Crippen LogP contribution in [0.4, 0.5) is 0 Å². The quantitative estimate of drug-likeness (QED) is 0.424. The lowest BCUT2D eigenvalue weighted by Gasteiger charge is -2.30. The third-order valence-electron chi connectivity index (χ3n) is 5.78. The van der Waals surface area contributed by atoms with Crippen molar-refractivity contribution < 1.29 is 4.74 Å². The summed E-state index contributed by atoms with van der Waals surface area (Å²) in [5, 5.41) is 7.10. The Labute approximate surface area is 171 Å². The number of nitrogens with zero attached hydrogens (tertiary/aromatic N) is 5. The number of ether oxygens (including phenoxy) is 1. The summed E-state index contributed by atoms with van der Waals surface area (Å²) >= 11 is 1.71. The minimum absolute atomic E-state index is 0.175. The summed E-state index contributed by atoms with van der Waals surface area (Å²) in [7, 11) is 0. The Hall–Kier alpha value is -2.77. The molecule has 5 heterocycles. The second-order valence-corrected chi connectivity index (χ2v) is 9.29. The van der Waals surface area contributed by atoms with Crippen molar-refractivity contribution in [1.82, 2.24) is 24.1 Å². The number of aromatic nitrogens is 5. The van der Waals surface area contributed by atoms with Crippen LogP contribution in [-0.4, -0.2) is 29.8 Å². The summed E-state index contributed by atoms with van der Waals surface area (Å²) in [6.45, 7) is 7.99. The Morgan fingerprint density at radius 2 is 2.10 bits per heavy atom. The fraction of sp³-hybridized carbons (Fsp3) is 0.318. The van der Waals surface area contributed by atoms with E-state index in [1.165, 1.54) is 21.3 Å². The zero-order chi connectivity index (χ0) is 19.8. The molecule has 146 valence electrons. The van der Waals surface area contributed by atoms with Crippen molar-refractivity contribution in [2.24, 2.45) is 0 Å². The van der Waals surface area contributed by atoms with Gasteiger partial charge in [-0.1, -0.05) is 18.2 Å². The molecular weight excluding hydrogens is 382 g/mol. The first-order valence-corrected chi connectivity index (χ1v) is 10.7. The van der Waals surface area contributed by atoms with Crippen molar-refractivity contribution in [2.45, 2.75) is 45.9 Å². The van der Waals surface area contributed by atoms with Crippen LogP contribution in [0.1, 0.15) is 31.2 Å². The van der Waals surface area contributed by atoms with Gasteiger partial charge in [0, 0.05) is 40.5 Å². The molecule has 0 radical (unpaired) electrons. The van der Waals surface area contributed by atoms with Crippen LogP contribution in [0.15, 0.2) is 36.8 Å². The van der Waals surface area contributed by atoms with Crippen LogP contribution in [-0.2, 0) is 24.3 Å². The molecule has 4 aromatic heterocycles. The summed E-state index contributed by atoms with van der Waals surface area (Å²) < 4.78 is 10.1. The first kappa shape index (κ1) is 17.1. The fourth-order valence-electron chi connectivity index (χ4n) is 4.34. The number of hydrogen-bond donors (Lipinski definition) is 0. The molecule has 0 saturated heterocycles. The van der Waals surface area contributed by atoms with E-state index in [9.17, 15) is 0 Å². The van der Waals surface area contributed by atoms with E-state index in [0.717, 1.165) is 40.2 Å². The molecule has 0 aliphatic carbocycles. The van der Waals surface area contributed by atoms with E-state index in [1.54, 1.807) is 17.7 Å². The minimum Gasteiger partial charge on any atom is -0.370 e. The smallest absolute Gasteiger partial charge is 0.184 e. The zero-order valence-corrected chi connectivity index (χ0v) is 17.5. The maximum Gasteiger partial charge on any atom is 0.184 e. The van der Waals surface area contributed by atoms with Crippen LogP contribution in [0.5, 0.6) is 0 Å². The molecule has 0 spiro atoms. The second-order valence-electron chi connectivity index (χ2n) is 8.20. The normalized spacial score (nSPS) is 16.1. The molecule has 0 atom stereocenters. The summed E-state index contributed by atoms with van der Waals surface area (Å²) in [6.07, 6.45) is 4.80. The topological polar surface area (TPSA) is 57.2 Å². The predicted molar refractivity (Wildman–Crippen MR) is 115 cm³/mol. The number of aryl methyl sites for hydroxylation is 1. The number of hydrogen-bond acceptors (Lipinski definition) is 5. The van der Waals surface area contributed by atoms with Gasteiger partial charge in [0.25, 0.3) is 0 Å². The van der Waals surface area contributed by atoms with Crippen LogP contribution in [0.3, 0.4) is 0 Å². The van der Waals surface area contributed by atoms with Crippen molar-refractivity contribution in [1.29, 1.82) is 0 Å². The highest BCUT2D eigenvalue weighted by Crippen LogP contribution is 2.40. The van der Waals surface area contributed by atoms with Gasteiger partial charge in [0.1, 0.15) is 11.2 Å². The molecule has 1 aromatic carbocycles. The van der Waals surface area contributed by atoms with E-state index in [4.69, 9.17) is 14.8 Å². The van der Waals surface area contributed by atoms with Crippen LogP contribution in [0.25, 0.3) is 38.2 Å². The van der Waals surface area contributed by atoms with Crippen molar-refractivity contribution in [2.75, 3.05) is 0 Å². The first-order chi connectivity index (χ1) is 14.0. The van der Waals surface area contributed by atoms with Gasteiger partial charge < -0.3 is 9.30 Å². The van der Waals surface area contributed by atoms with E-state index < -0.39 is 0 Å².